The maximum atomic E-state index is 12.4. The van der Waals surface area contributed by atoms with E-state index >= 15 is 0 Å². The Hall–Kier alpha value is -2.61. The average molecular weight is 385 g/mol. The van der Waals surface area contributed by atoms with Crippen LogP contribution in [0.3, 0.4) is 0 Å². The number of H-pyrrole nitrogens is 1. The van der Waals surface area contributed by atoms with Gasteiger partial charge >= 0.3 is 17.9 Å². The molecule has 0 fully saturated rings. The van der Waals surface area contributed by atoms with Crippen LogP contribution in [0.15, 0.2) is 6.07 Å². The lowest BCUT2D eigenvalue weighted by molar-refractivity contribution is -0.142. The van der Waals surface area contributed by atoms with Crippen molar-refractivity contribution in [2.24, 2.45) is 0 Å². The highest BCUT2D eigenvalue weighted by Gasteiger charge is 2.24. The number of carbonyl (C=O) groups is 3. The highest BCUT2D eigenvalue weighted by atomic mass is 35.5. The number of hydrogen-bond acceptors (Lipinski definition) is 7. The van der Waals surface area contributed by atoms with Gasteiger partial charge in [-0.25, -0.2) is 14.6 Å². The Labute approximate surface area is 156 Å². The zero-order valence-corrected chi connectivity index (χ0v) is 15.8. The van der Waals surface area contributed by atoms with E-state index in [0.29, 0.717) is 16.6 Å². The summed E-state index contributed by atoms with van der Waals surface area (Å²) >= 11 is 0. The largest absolute Gasteiger partial charge is 0.466 e. The van der Waals surface area contributed by atoms with Crippen LogP contribution in [-0.4, -0.2) is 48.2 Å². The van der Waals surface area contributed by atoms with Crippen LogP contribution in [0.2, 0.25) is 0 Å². The maximum Gasteiger partial charge on any atom is 0.354 e. The second kappa shape index (κ2) is 9.19. The number of nitrogens with one attached hydrogen (secondary N) is 1. The van der Waals surface area contributed by atoms with Crippen LogP contribution >= 0.6 is 12.4 Å². The molecule has 0 radical (unpaired) electrons. The second-order valence-electron chi connectivity index (χ2n) is 5.20. The topological polar surface area (TPSA) is 108 Å². The van der Waals surface area contributed by atoms with Gasteiger partial charge in [0.2, 0.25) is 0 Å². The van der Waals surface area contributed by atoms with E-state index in [1.54, 1.807) is 26.8 Å². The minimum Gasteiger partial charge on any atom is -0.466 e. The Kier molecular flexibility index (Phi) is 7.57. The molecule has 9 heteroatoms. The minimum atomic E-state index is -0.575. The van der Waals surface area contributed by atoms with Crippen molar-refractivity contribution in [2.45, 2.75) is 27.2 Å². The van der Waals surface area contributed by atoms with Gasteiger partial charge in [0.15, 0.2) is 0 Å². The van der Waals surface area contributed by atoms with Gasteiger partial charge in [0, 0.05) is 5.39 Å². The maximum absolute atomic E-state index is 12.4. The number of aromatic amines is 1. The normalized spacial score (nSPS) is 10.2. The number of ether oxygens (including phenoxy) is 3. The summed E-state index contributed by atoms with van der Waals surface area (Å²) in [5.74, 6) is -1.63. The molecule has 2 aromatic rings. The quantitative estimate of drug-likeness (QED) is 0.601. The first-order chi connectivity index (χ1) is 11.9. The fourth-order valence-corrected chi connectivity index (χ4v) is 2.53. The third-order valence-corrected chi connectivity index (χ3v) is 3.61. The van der Waals surface area contributed by atoms with Gasteiger partial charge in [-0.05, 0) is 32.4 Å². The number of hydrogen-bond donors (Lipinski definition) is 1. The molecule has 0 atom stereocenters. The van der Waals surface area contributed by atoms with Crippen molar-refractivity contribution in [1.82, 2.24) is 9.97 Å². The molecule has 142 valence electrons. The molecule has 0 aliphatic heterocycles. The Morgan fingerprint density at radius 3 is 2.35 bits per heavy atom. The van der Waals surface area contributed by atoms with E-state index in [0.717, 1.165) is 0 Å². The average Bonchev–Trinajstić information content (AvgIpc) is 2.99. The molecule has 0 spiro atoms. The zero-order chi connectivity index (χ0) is 18.6. The highest BCUT2D eigenvalue weighted by molar-refractivity contribution is 6.01. The van der Waals surface area contributed by atoms with Gasteiger partial charge in [0.1, 0.15) is 11.3 Å². The van der Waals surface area contributed by atoms with E-state index in [1.807, 2.05) is 0 Å². The molecule has 2 rings (SSSR count). The lowest BCUT2D eigenvalue weighted by Crippen LogP contribution is -2.16. The molecule has 8 nitrogen and oxygen atoms in total. The fourth-order valence-electron chi connectivity index (χ4n) is 2.53. The van der Waals surface area contributed by atoms with E-state index in [-0.39, 0.29) is 49.0 Å². The van der Waals surface area contributed by atoms with Gasteiger partial charge in [-0.15, -0.1) is 12.4 Å². The molecular weight excluding hydrogens is 364 g/mol. The first-order valence-corrected chi connectivity index (χ1v) is 7.86. The van der Waals surface area contributed by atoms with Crippen LogP contribution in [0.5, 0.6) is 0 Å². The smallest absolute Gasteiger partial charge is 0.354 e. The Balaban J connectivity index is 0.00000338. The van der Waals surface area contributed by atoms with E-state index in [4.69, 9.17) is 9.47 Å². The number of aromatic nitrogens is 2. The number of carbonyl (C=O) groups excluding carboxylic acids is 3. The lowest BCUT2D eigenvalue weighted by Gasteiger charge is -2.11. The predicted octanol–water partition coefficient (Wildman–Crippen LogP) is 2.36. The third kappa shape index (κ3) is 4.32. The first kappa shape index (κ1) is 21.4. The molecule has 0 saturated carbocycles. The number of rotatable bonds is 6. The van der Waals surface area contributed by atoms with Crippen LogP contribution in [0.1, 0.15) is 46.0 Å². The SMILES string of the molecule is CCOC(=O)Cc1nc2[nH]c(C(=O)OC)cc2c(C)c1C(=O)OCC.Cl. The number of pyridine rings is 1. The summed E-state index contributed by atoms with van der Waals surface area (Å²) in [5, 5.41) is 0.580. The van der Waals surface area contributed by atoms with Gasteiger partial charge in [-0.2, -0.15) is 0 Å². The molecule has 0 aromatic carbocycles. The highest BCUT2D eigenvalue weighted by Crippen LogP contribution is 2.25. The van der Waals surface area contributed by atoms with Crippen molar-refractivity contribution in [3.63, 3.8) is 0 Å². The molecular formula is C17H21ClN2O6. The summed E-state index contributed by atoms with van der Waals surface area (Å²) in [6.45, 7) is 5.51. The third-order valence-electron chi connectivity index (χ3n) is 3.61. The number of methoxy groups -OCH3 is 1. The molecule has 1 N–H and O–H groups in total. The van der Waals surface area contributed by atoms with Gasteiger partial charge in [0.05, 0.1) is 38.0 Å². The van der Waals surface area contributed by atoms with Gasteiger partial charge in [-0.3, -0.25) is 4.79 Å². The van der Waals surface area contributed by atoms with Crippen molar-refractivity contribution >= 4 is 41.3 Å². The second-order valence-corrected chi connectivity index (χ2v) is 5.20. The van der Waals surface area contributed by atoms with Gasteiger partial charge in [0.25, 0.3) is 0 Å². The first-order valence-electron chi connectivity index (χ1n) is 7.86. The Morgan fingerprint density at radius 2 is 1.77 bits per heavy atom. The number of esters is 3. The summed E-state index contributed by atoms with van der Waals surface area (Å²) in [6, 6.07) is 1.56. The molecule has 0 amide bonds. The molecule has 0 bridgehead atoms. The number of fused-ring (bicyclic) bond motifs is 1. The van der Waals surface area contributed by atoms with E-state index in [9.17, 15) is 14.4 Å². The van der Waals surface area contributed by atoms with Gasteiger partial charge in [-0.1, -0.05) is 0 Å². The standard InChI is InChI=1S/C17H20N2O6.ClH/c1-5-24-13(20)8-11-14(17(22)25-6-2)9(3)10-7-12(16(21)23-4)19-15(10)18-11;/h7H,5-6,8H2,1-4H3,(H,18,19);1H. The van der Waals surface area contributed by atoms with Crippen molar-refractivity contribution in [1.29, 1.82) is 0 Å². The van der Waals surface area contributed by atoms with Crippen LogP contribution in [0.25, 0.3) is 11.0 Å². The summed E-state index contributed by atoms with van der Waals surface area (Å²) in [5.41, 5.74) is 1.59. The Bertz CT molecular complexity index is 830. The predicted molar refractivity (Wildman–Crippen MR) is 95.7 cm³/mol. The summed E-state index contributed by atoms with van der Waals surface area (Å²) in [7, 11) is 1.27. The molecule has 0 saturated heterocycles. The molecule has 0 aliphatic carbocycles. The Morgan fingerprint density at radius 1 is 1.12 bits per heavy atom. The number of aryl methyl sites for hydroxylation is 1. The fraction of sp³-hybridized carbons (Fsp3) is 0.412. The minimum absolute atomic E-state index is 0. The summed E-state index contributed by atoms with van der Waals surface area (Å²) in [6.07, 6.45) is -0.175. The van der Waals surface area contributed by atoms with Crippen LogP contribution < -0.4 is 0 Å². The van der Waals surface area contributed by atoms with Crippen LogP contribution in [0, 0.1) is 6.92 Å². The molecule has 0 unspecified atom stereocenters. The van der Waals surface area contributed by atoms with Crippen molar-refractivity contribution in [3.05, 3.63) is 28.6 Å². The van der Waals surface area contributed by atoms with Crippen molar-refractivity contribution in [3.8, 4) is 0 Å². The van der Waals surface area contributed by atoms with Crippen LogP contribution in [0.4, 0.5) is 0 Å². The summed E-state index contributed by atoms with van der Waals surface area (Å²) < 4.78 is 14.7. The molecule has 26 heavy (non-hydrogen) atoms. The van der Waals surface area contributed by atoms with E-state index in [2.05, 4.69) is 14.7 Å². The van der Waals surface area contributed by atoms with Gasteiger partial charge < -0.3 is 19.2 Å². The summed E-state index contributed by atoms with van der Waals surface area (Å²) in [4.78, 5) is 43.1. The molecule has 2 aromatic heterocycles. The monoisotopic (exact) mass is 384 g/mol. The number of nitrogens with zero attached hydrogens (tertiary/aromatic N) is 1. The number of halogens is 1. The molecule has 2 heterocycles. The van der Waals surface area contributed by atoms with Crippen LogP contribution in [-0.2, 0) is 25.4 Å². The van der Waals surface area contributed by atoms with E-state index in [1.165, 1.54) is 7.11 Å². The van der Waals surface area contributed by atoms with E-state index < -0.39 is 17.9 Å². The van der Waals surface area contributed by atoms with Crippen molar-refractivity contribution < 1.29 is 28.6 Å². The molecule has 0 aliphatic rings. The lowest BCUT2D eigenvalue weighted by atomic mass is 10.0. The van der Waals surface area contributed by atoms with Crippen molar-refractivity contribution in [2.75, 3.05) is 20.3 Å². The zero-order valence-electron chi connectivity index (χ0n) is 15.0.